The summed E-state index contributed by atoms with van der Waals surface area (Å²) in [7, 11) is -7.62. The third-order valence-electron chi connectivity index (χ3n) is 22.6. The van der Waals surface area contributed by atoms with Gasteiger partial charge in [-0.15, -0.1) is 0 Å². The molecule has 1 atom stereocenters. The van der Waals surface area contributed by atoms with Gasteiger partial charge in [-0.25, -0.2) is 0 Å². The van der Waals surface area contributed by atoms with Gasteiger partial charge in [0.15, 0.2) is 0 Å². The van der Waals surface area contributed by atoms with Gasteiger partial charge < -0.3 is 9.79 Å². The minimum Gasteiger partial charge on any atom is -0.679 e. The van der Waals surface area contributed by atoms with E-state index in [0.29, 0.717) is 10.6 Å². The quantitative estimate of drug-likeness (QED) is 0.152. The number of benzene rings is 10. The Bertz CT molecular complexity index is 4950. The van der Waals surface area contributed by atoms with E-state index >= 15 is 0 Å². The van der Waals surface area contributed by atoms with Gasteiger partial charge in [-0.3, -0.25) is 9.13 Å². The molecule has 0 bridgehead atoms. The van der Waals surface area contributed by atoms with Gasteiger partial charge in [0.2, 0.25) is 6.49 Å². The fourth-order valence-corrected chi connectivity index (χ4v) is 23.0. The second-order valence-electron chi connectivity index (χ2n) is 44.1. The molecule has 0 aliphatic heterocycles. The molecule has 10 aromatic rings. The van der Waals surface area contributed by atoms with Crippen molar-refractivity contribution in [2.24, 2.45) is 0 Å². The van der Waals surface area contributed by atoms with Crippen LogP contribution in [0, 0.1) is 94.4 Å². The Balaban J connectivity index is 0.000000310. The number of hydrogen-bond acceptors (Lipinski definition) is 5. The number of aryl methyl sites for hydroxylation is 10. The van der Waals surface area contributed by atoms with E-state index in [1.165, 1.54) is 54.5 Å². The second-order valence-corrected chi connectivity index (χ2v) is 55.2. The zero-order valence-electron chi connectivity index (χ0n) is 83.0. The Kier molecular flexibility index (Phi) is 38.6. The molecule has 672 valence electrons. The summed E-state index contributed by atoms with van der Waals surface area (Å²) in [6.07, 6.45) is 0. The van der Waals surface area contributed by atoms with E-state index in [0.717, 1.165) is 113 Å². The van der Waals surface area contributed by atoms with Crippen molar-refractivity contribution in [3.05, 3.63) is 310 Å². The standard InChI is InChI=1S/C22H30AtO2P.C22H30ClOP.C22H31O2P.C11H15Br.C11H17OP.2C11H16/c1-15-9-11-17(21(3,4)5)13-19(15)26(24,25-23)20-14-18(22(6,7)8)12-10-16(20)2;2*1-15-9-11-17(21(3,4)5)13-19(15)25(23,24)20-14-18(22(6,7)8)12-10-16(20)2;1-8-5-6-9(7-10(8)12)11(2,3)4;1-8-5-6-9(11(2,3)4)7-10(8)13-12;2*1-9-5-7-10(8-6-9)11(2,3)4/h9-14H,1-8H3;9-14H,1-8H3;9-14H,1-8H3,(H,23,24);5-7H,1-4H3;5-7H,13H2,1-4H3;2*5-8H,1-4H3. The van der Waals surface area contributed by atoms with Crippen LogP contribution in [0.4, 0.5) is 0 Å². The van der Waals surface area contributed by atoms with Crippen LogP contribution in [0.2, 0.25) is 0 Å². The fourth-order valence-electron chi connectivity index (χ4n) is 13.2. The summed E-state index contributed by atoms with van der Waals surface area (Å²) >= 11 is 11.4. The first kappa shape index (κ1) is 110. The van der Waals surface area contributed by atoms with Crippen LogP contribution in [0.1, 0.15) is 319 Å². The van der Waals surface area contributed by atoms with Crippen LogP contribution < -0.4 is 42.0 Å². The van der Waals surface area contributed by atoms with E-state index < -0.39 is 30.0 Å². The molecule has 1 N–H and O–H groups in total. The molecule has 0 saturated carbocycles. The number of hydrogen-bond donors (Lipinski definition) is 1. The zero-order valence-corrected chi connectivity index (χ0v) is 92.1. The predicted octanol–water partition coefficient (Wildman–Crippen LogP) is 29.3. The maximum Gasteiger partial charge on any atom is 0.0863 e. The summed E-state index contributed by atoms with van der Waals surface area (Å²) in [5.41, 5.74) is 23.8. The molecule has 0 radical (unpaired) electrons. The van der Waals surface area contributed by atoms with E-state index in [2.05, 4.69) is 390 Å². The first-order chi connectivity index (χ1) is 55.6. The molecule has 0 heterocycles. The maximum atomic E-state index is 14.2. The van der Waals surface area contributed by atoms with Crippen molar-refractivity contribution in [1.82, 2.24) is 0 Å². The van der Waals surface area contributed by atoms with Gasteiger partial charge in [0, 0.05) is 25.7 Å². The number of rotatable bonds is 8. The third kappa shape index (κ3) is 31.9. The monoisotopic (exact) mass is 2020 g/mol. The number of halogens is 2. The van der Waals surface area contributed by atoms with Gasteiger partial charge >= 0.3 is 175 Å². The van der Waals surface area contributed by atoms with E-state index in [-0.39, 0.29) is 54.1 Å². The van der Waals surface area contributed by atoms with E-state index in [4.69, 9.17) is 13.8 Å². The minimum absolute atomic E-state index is 0.00606. The van der Waals surface area contributed by atoms with Gasteiger partial charge in [0.25, 0.3) is 7.37 Å². The van der Waals surface area contributed by atoms with Crippen LogP contribution in [-0.2, 0) is 70.4 Å². The molecule has 1 unspecified atom stereocenters. The predicted molar refractivity (Wildman–Crippen MR) is 546 cm³/mol. The molecule has 0 aromatic heterocycles. The maximum absolute atomic E-state index is 14.2. The summed E-state index contributed by atoms with van der Waals surface area (Å²) in [4.78, 5) is 22.1. The SMILES string of the molecule is Cc1ccc(C(C)(C)C)cc1.Cc1ccc(C(C)(C)C)cc1.Cc1ccc(C(C)(C)C)cc1Br.Cc1ccc(C(C)(C)C)cc1P(=O)(Cl)c1cc(C(C)(C)C)ccc1C.Cc1ccc(C(C)(C)C)cc1P(=O)(O)c1cc(C(C)(C)C)ccc1C.Cc1ccc(C(C)(C)C)cc1P(=O)(O[At])c1cc(C(C)(C)C)ccc1C.Cc1ccc(C(C)(C)C)cc1[PH2+][O-]. The zero-order chi connectivity index (χ0) is 94.7. The van der Waals surface area contributed by atoms with Crippen molar-refractivity contribution in [1.29, 1.82) is 0 Å². The molecule has 0 amide bonds. The Morgan fingerprint density at radius 3 is 0.699 bits per heavy atom. The van der Waals surface area contributed by atoms with Crippen molar-refractivity contribution in [2.45, 2.75) is 331 Å². The molecular formula is C110H155AtBrClO6P4. The molecule has 123 heavy (non-hydrogen) atoms. The molecule has 0 aliphatic rings. The van der Waals surface area contributed by atoms with Crippen molar-refractivity contribution in [3.8, 4) is 0 Å². The molecule has 0 saturated heterocycles. The smallest absolute Gasteiger partial charge is 0.0863 e. The molecular weight excluding hydrogens is 1870 g/mol. The van der Waals surface area contributed by atoms with Gasteiger partial charge in [-0.05, 0) is 233 Å². The normalized spacial score (nSPS) is 12.7. The van der Waals surface area contributed by atoms with Crippen molar-refractivity contribution >= 4 is 94.3 Å². The van der Waals surface area contributed by atoms with Crippen LogP contribution in [0.5, 0.6) is 0 Å². The molecule has 10 aromatic carbocycles. The second kappa shape index (κ2) is 43.1. The molecule has 0 spiro atoms. The summed E-state index contributed by atoms with van der Waals surface area (Å²) in [6, 6.07) is 67.0. The van der Waals surface area contributed by atoms with Gasteiger partial charge in [0.1, 0.15) is 0 Å². The summed E-state index contributed by atoms with van der Waals surface area (Å²) in [6.45, 7) is 82.3. The van der Waals surface area contributed by atoms with Crippen molar-refractivity contribution in [3.63, 3.8) is 0 Å². The first-order valence-electron chi connectivity index (χ1n) is 43.4. The van der Waals surface area contributed by atoms with Crippen molar-refractivity contribution in [2.75, 3.05) is 0 Å². The summed E-state index contributed by atoms with van der Waals surface area (Å²) in [5, 5.41) is 5.27. The molecule has 10 rings (SSSR count). The van der Waals surface area contributed by atoms with Gasteiger partial charge in [-0.1, -0.05) is 315 Å². The average Bonchev–Trinajstić information content (AvgIpc) is 0.769. The molecule has 13 heteroatoms. The summed E-state index contributed by atoms with van der Waals surface area (Å²) < 4.78 is 48.6. The minimum atomic E-state index is -3.67. The van der Waals surface area contributed by atoms with E-state index in [1.807, 2.05) is 97.0 Å². The molecule has 6 nitrogen and oxygen atoms in total. The largest absolute Gasteiger partial charge is 0.679 e. The Morgan fingerprint density at radius 2 is 0.472 bits per heavy atom. The van der Waals surface area contributed by atoms with Crippen LogP contribution in [-0.4, -0.2) is 4.89 Å². The fraction of sp³-hybridized carbons (Fsp3) is 0.455. The van der Waals surface area contributed by atoms with Crippen LogP contribution >= 0.6 is 57.2 Å². The van der Waals surface area contributed by atoms with Crippen LogP contribution in [0.3, 0.4) is 0 Å². The van der Waals surface area contributed by atoms with Crippen LogP contribution in [0.25, 0.3) is 0 Å². The third-order valence-corrected chi connectivity index (χ3v) is 34.6. The van der Waals surface area contributed by atoms with Gasteiger partial charge in [0.05, 0.1) is 5.30 Å². The van der Waals surface area contributed by atoms with Gasteiger partial charge in [-0.2, -0.15) is 0 Å². The Hall–Kier alpha value is -5.15. The van der Waals surface area contributed by atoms with Crippen molar-refractivity contribution < 1.29 is 51.2 Å². The van der Waals surface area contributed by atoms with E-state index in [1.54, 1.807) is 0 Å². The Labute approximate surface area is 780 Å². The first-order valence-corrected chi connectivity index (χ1v) is 52.3. The Morgan fingerprint density at radius 1 is 0.285 bits per heavy atom. The van der Waals surface area contributed by atoms with Crippen LogP contribution in [0.15, 0.2) is 199 Å². The summed E-state index contributed by atoms with van der Waals surface area (Å²) in [5.74, 6) is 0. The topological polar surface area (TPSA) is 104 Å². The molecule has 0 aliphatic carbocycles. The molecule has 0 fully saturated rings. The van der Waals surface area contributed by atoms with E-state index in [9.17, 15) is 23.5 Å². The average molecular weight is 2020 g/mol.